The molecule has 3 N–H and O–H groups in total. The quantitative estimate of drug-likeness (QED) is 0.192. The molecule has 0 radical (unpaired) electrons. The van der Waals surface area contributed by atoms with Gasteiger partial charge in [0.2, 0.25) is 27.6 Å². The van der Waals surface area contributed by atoms with Gasteiger partial charge in [0.05, 0.1) is 10.9 Å². The predicted octanol–water partition coefficient (Wildman–Crippen LogP) is 3.73. The van der Waals surface area contributed by atoms with Crippen molar-refractivity contribution in [2.24, 2.45) is 17.3 Å². The number of fused-ring (bicyclic) bond motifs is 1. The number of urea groups is 1. The fraction of sp³-hybridized carbons (Fsp3) is 0.667. The summed E-state index contributed by atoms with van der Waals surface area (Å²) < 4.78 is 28.6. The van der Waals surface area contributed by atoms with Crippen molar-refractivity contribution < 1.29 is 32.4 Å². The number of Topliss-reactive ketones (excluding diaryl/α,β-unsaturated/α-hetero) is 1. The van der Waals surface area contributed by atoms with Crippen molar-refractivity contribution in [3.05, 3.63) is 42.5 Å². The summed E-state index contributed by atoms with van der Waals surface area (Å²) in [6.45, 7) is 9.93. The molecule has 53 heavy (non-hydrogen) atoms. The lowest BCUT2D eigenvalue weighted by atomic mass is 9.80. The molecule has 2 saturated carbocycles. The van der Waals surface area contributed by atoms with E-state index in [4.69, 9.17) is 0 Å². The first-order valence-corrected chi connectivity index (χ1v) is 20.7. The number of amides is 5. The maximum absolute atomic E-state index is 14.4. The summed E-state index contributed by atoms with van der Waals surface area (Å²) in [7, 11) is -2.05. The molecule has 4 atom stereocenters. The van der Waals surface area contributed by atoms with Crippen LogP contribution in [0.15, 0.2) is 41.8 Å². The van der Waals surface area contributed by atoms with E-state index in [0.29, 0.717) is 30.7 Å². The van der Waals surface area contributed by atoms with Crippen molar-refractivity contribution in [1.82, 2.24) is 30.1 Å². The van der Waals surface area contributed by atoms with Crippen molar-refractivity contribution in [1.29, 1.82) is 0 Å². The minimum absolute atomic E-state index is 0.0864. The fourth-order valence-electron chi connectivity index (χ4n) is 8.24. The topological polar surface area (TPSA) is 165 Å². The Morgan fingerprint density at radius 2 is 1.66 bits per heavy atom. The Hall–Kier alpha value is -3.78. The first kappa shape index (κ1) is 40.4. The SMILES string of the molecule is C=CCNC(=O)C(=O)C(CC1CCC1)NC(=O)[C@@H]1CCCN1C(=O)[C@@H](NC(=O)N(C)[C@H](CN1Cc2ccccc2S1(=O)=O)C1CCCCC1)C(C)(C)C. The van der Waals surface area contributed by atoms with Gasteiger partial charge in [-0.2, -0.15) is 4.31 Å². The number of carbonyl (C=O) groups is 5. The first-order valence-electron chi connectivity index (χ1n) is 19.3. The zero-order chi connectivity index (χ0) is 38.5. The summed E-state index contributed by atoms with van der Waals surface area (Å²) in [5, 5.41) is 8.32. The van der Waals surface area contributed by atoms with E-state index >= 15 is 0 Å². The van der Waals surface area contributed by atoms with E-state index in [0.717, 1.165) is 56.9 Å². The summed E-state index contributed by atoms with van der Waals surface area (Å²) in [5.74, 6) is -2.09. The van der Waals surface area contributed by atoms with Gasteiger partial charge in [0, 0.05) is 39.3 Å². The Kier molecular flexibility index (Phi) is 13.1. The molecule has 2 aliphatic heterocycles. The van der Waals surface area contributed by atoms with Gasteiger partial charge in [-0.25, -0.2) is 13.2 Å². The molecule has 1 unspecified atom stereocenters. The largest absolute Gasteiger partial charge is 0.346 e. The van der Waals surface area contributed by atoms with Crippen LogP contribution in [-0.2, 0) is 35.7 Å². The monoisotopic (exact) mass is 754 g/mol. The van der Waals surface area contributed by atoms with E-state index in [1.165, 1.54) is 15.3 Å². The van der Waals surface area contributed by atoms with Crippen LogP contribution in [0.3, 0.4) is 0 Å². The average molecular weight is 755 g/mol. The van der Waals surface area contributed by atoms with Gasteiger partial charge in [-0.05, 0) is 61.0 Å². The van der Waals surface area contributed by atoms with Crippen molar-refractivity contribution in [3.8, 4) is 0 Å². The highest BCUT2D eigenvalue weighted by molar-refractivity contribution is 7.89. The Morgan fingerprint density at radius 1 is 0.962 bits per heavy atom. The number of hydrogen-bond acceptors (Lipinski definition) is 7. The number of sulfonamides is 1. The standard InChI is InChI=1S/C39H58N6O7S/c1-6-21-40-36(48)33(46)29(23-26-14-12-15-26)41-35(47)30-19-13-22-45(30)37(49)34(39(2,3)4)42-38(50)43(5)31(27-16-8-7-9-17-27)25-44-24-28-18-10-11-20-32(28)53(44,51)52/h6,10-11,18,20,26-27,29-31,34H,1,7-9,12-17,19,21-25H2,2-5H3,(H,40,48)(H,41,47)(H,42,50)/t29?,30-,31+,34+/m0/s1. The molecule has 292 valence electrons. The third kappa shape index (κ3) is 9.30. The van der Waals surface area contributed by atoms with Crippen LogP contribution in [0.2, 0.25) is 0 Å². The van der Waals surface area contributed by atoms with Gasteiger partial charge in [0.1, 0.15) is 12.1 Å². The highest BCUT2D eigenvalue weighted by atomic mass is 32.2. The van der Waals surface area contributed by atoms with Gasteiger partial charge in [0.25, 0.3) is 5.91 Å². The van der Waals surface area contributed by atoms with E-state index in [9.17, 15) is 32.4 Å². The first-order chi connectivity index (χ1) is 25.1. The number of nitrogens with zero attached hydrogens (tertiary/aromatic N) is 3. The molecule has 0 aromatic heterocycles. The van der Waals surface area contributed by atoms with Crippen LogP contribution < -0.4 is 16.0 Å². The van der Waals surface area contributed by atoms with E-state index < -0.39 is 69.1 Å². The molecule has 14 heteroatoms. The smallest absolute Gasteiger partial charge is 0.318 e. The molecule has 3 fully saturated rings. The maximum Gasteiger partial charge on any atom is 0.318 e. The van der Waals surface area contributed by atoms with E-state index in [1.807, 2.05) is 32.9 Å². The highest BCUT2D eigenvalue weighted by Crippen LogP contribution is 2.35. The molecular weight excluding hydrogens is 697 g/mol. The highest BCUT2D eigenvalue weighted by Gasteiger charge is 2.45. The lowest BCUT2D eigenvalue weighted by Crippen LogP contribution is -2.61. The van der Waals surface area contributed by atoms with Crippen LogP contribution in [0.4, 0.5) is 4.79 Å². The molecular formula is C39H58N6O7S. The predicted molar refractivity (Wildman–Crippen MR) is 201 cm³/mol. The van der Waals surface area contributed by atoms with Crippen LogP contribution >= 0.6 is 0 Å². The molecule has 5 amide bonds. The van der Waals surface area contributed by atoms with E-state index in [-0.39, 0.29) is 31.5 Å². The fourth-order valence-corrected chi connectivity index (χ4v) is 9.89. The number of carbonyl (C=O) groups excluding carboxylic acids is 5. The summed E-state index contributed by atoms with van der Waals surface area (Å²) in [4.78, 5) is 71.5. The Bertz CT molecular complexity index is 1650. The second-order valence-electron chi connectivity index (χ2n) is 16.4. The van der Waals surface area contributed by atoms with Crippen LogP contribution in [0.5, 0.6) is 0 Å². The number of rotatable bonds is 14. The molecule has 0 bridgehead atoms. The number of nitrogens with one attached hydrogen (secondary N) is 3. The summed E-state index contributed by atoms with van der Waals surface area (Å²) in [6, 6.07) is 3.19. The van der Waals surface area contributed by atoms with Gasteiger partial charge in [0.15, 0.2) is 0 Å². The zero-order valence-electron chi connectivity index (χ0n) is 31.8. The van der Waals surface area contributed by atoms with Gasteiger partial charge in [-0.3, -0.25) is 19.2 Å². The second kappa shape index (κ2) is 17.1. The normalized spacial score (nSPS) is 22.1. The van der Waals surface area contributed by atoms with Crippen molar-refractivity contribution in [2.45, 2.75) is 127 Å². The number of likely N-dealkylation sites (N-methyl/N-ethyl adjacent to an activating group) is 1. The molecule has 1 aromatic rings. The van der Waals surface area contributed by atoms with Gasteiger partial charge >= 0.3 is 6.03 Å². The number of ketones is 1. The minimum Gasteiger partial charge on any atom is -0.346 e. The number of likely N-dealkylation sites (tertiary alicyclic amines) is 1. The van der Waals surface area contributed by atoms with Crippen molar-refractivity contribution in [2.75, 3.05) is 26.7 Å². The number of benzene rings is 1. The molecule has 2 heterocycles. The van der Waals surface area contributed by atoms with Crippen LogP contribution in [0.25, 0.3) is 0 Å². The minimum atomic E-state index is -3.72. The molecule has 1 aromatic carbocycles. The molecule has 5 rings (SSSR count). The summed E-state index contributed by atoms with van der Waals surface area (Å²) >= 11 is 0. The zero-order valence-corrected chi connectivity index (χ0v) is 32.6. The van der Waals surface area contributed by atoms with Crippen LogP contribution in [0.1, 0.15) is 97.0 Å². The lowest BCUT2D eigenvalue weighted by Gasteiger charge is -2.41. The van der Waals surface area contributed by atoms with Gasteiger partial charge < -0.3 is 25.8 Å². The molecule has 13 nitrogen and oxygen atoms in total. The molecule has 0 spiro atoms. The third-order valence-electron chi connectivity index (χ3n) is 11.6. The van der Waals surface area contributed by atoms with E-state index in [1.54, 1.807) is 24.1 Å². The second-order valence-corrected chi connectivity index (χ2v) is 18.3. The molecule has 1 saturated heterocycles. The summed E-state index contributed by atoms with van der Waals surface area (Å²) in [6.07, 6.45) is 10.5. The average Bonchev–Trinajstić information content (AvgIpc) is 3.70. The Labute approximate surface area is 314 Å². The van der Waals surface area contributed by atoms with Crippen molar-refractivity contribution in [3.63, 3.8) is 0 Å². The summed E-state index contributed by atoms with van der Waals surface area (Å²) in [5.41, 5.74) is -0.0111. The van der Waals surface area contributed by atoms with Gasteiger partial charge in [-0.15, -0.1) is 6.58 Å². The molecule has 2 aliphatic carbocycles. The Balaban J connectivity index is 1.31. The Morgan fingerprint density at radius 3 is 2.28 bits per heavy atom. The van der Waals surface area contributed by atoms with Crippen LogP contribution in [-0.4, -0.2) is 103 Å². The third-order valence-corrected chi connectivity index (χ3v) is 13.5. The molecule has 4 aliphatic rings. The van der Waals surface area contributed by atoms with Crippen molar-refractivity contribution >= 4 is 39.6 Å². The van der Waals surface area contributed by atoms with Crippen LogP contribution in [0, 0.1) is 17.3 Å². The number of hydrogen-bond donors (Lipinski definition) is 3. The van der Waals surface area contributed by atoms with Gasteiger partial charge in [-0.1, -0.05) is 83.6 Å². The van der Waals surface area contributed by atoms with E-state index in [2.05, 4.69) is 22.5 Å². The maximum atomic E-state index is 14.4. The lowest BCUT2D eigenvalue weighted by molar-refractivity contribution is -0.144.